The van der Waals surface area contributed by atoms with Crippen molar-refractivity contribution >= 4 is 29.4 Å². The molecule has 2 aromatic rings. The third kappa shape index (κ3) is 3.58. The monoisotopic (exact) mass is 370 g/mol. The number of rotatable bonds is 3. The molecular formula is C20H23ClN4O. The van der Waals surface area contributed by atoms with Crippen LogP contribution in [0.4, 0.5) is 5.69 Å². The van der Waals surface area contributed by atoms with Crippen LogP contribution in [0.15, 0.2) is 41.8 Å². The van der Waals surface area contributed by atoms with E-state index in [1.54, 1.807) is 24.5 Å². The molecule has 0 spiro atoms. The van der Waals surface area contributed by atoms with Crippen molar-refractivity contribution < 1.29 is 4.79 Å². The first kappa shape index (κ1) is 18.4. The van der Waals surface area contributed by atoms with Crippen LogP contribution in [0.1, 0.15) is 54.6 Å². The number of benzene rings is 1. The molecule has 6 heteroatoms. The minimum atomic E-state index is -0.307. The zero-order valence-corrected chi connectivity index (χ0v) is 16.2. The molecular weight excluding hydrogens is 348 g/mol. The molecule has 1 unspecified atom stereocenters. The molecule has 1 aromatic carbocycles. The molecule has 1 aromatic heterocycles. The lowest BCUT2D eigenvalue weighted by atomic mass is 9.80. The molecule has 1 aliphatic heterocycles. The first-order valence-corrected chi connectivity index (χ1v) is 8.98. The van der Waals surface area contributed by atoms with Crippen LogP contribution < -0.4 is 10.3 Å². The highest BCUT2D eigenvalue weighted by Gasteiger charge is 2.34. The third-order valence-corrected chi connectivity index (χ3v) is 5.37. The van der Waals surface area contributed by atoms with Gasteiger partial charge >= 0.3 is 0 Å². The van der Waals surface area contributed by atoms with Gasteiger partial charge in [0, 0.05) is 36.2 Å². The SMILES string of the molecule is CC1CC(C)(C)N(C)c2cc(Cl)c(/C=N/NC(=O)c3cccnc3)cc21. The molecule has 1 atom stereocenters. The number of hydrazone groups is 1. The highest BCUT2D eigenvalue weighted by Crippen LogP contribution is 2.44. The van der Waals surface area contributed by atoms with Crippen molar-refractivity contribution in [3.63, 3.8) is 0 Å². The number of nitrogens with zero attached hydrogens (tertiary/aromatic N) is 3. The van der Waals surface area contributed by atoms with E-state index >= 15 is 0 Å². The van der Waals surface area contributed by atoms with E-state index in [4.69, 9.17) is 11.6 Å². The Bertz CT molecular complexity index is 848. The van der Waals surface area contributed by atoms with Crippen LogP contribution in [0.2, 0.25) is 5.02 Å². The fraction of sp³-hybridized carbons (Fsp3) is 0.350. The number of amides is 1. The predicted octanol–water partition coefficient (Wildman–Crippen LogP) is 4.22. The highest BCUT2D eigenvalue weighted by atomic mass is 35.5. The van der Waals surface area contributed by atoms with E-state index in [9.17, 15) is 4.79 Å². The summed E-state index contributed by atoms with van der Waals surface area (Å²) in [7, 11) is 2.10. The van der Waals surface area contributed by atoms with Crippen molar-refractivity contribution in [3.8, 4) is 0 Å². The molecule has 0 saturated heterocycles. The third-order valence-electron chi connectivity index (χ3n) is 5.05. The van der Waals surface area contributed by atoms with E-state index in [-0.39, 0.29) is 11.4 Å². The van der Waals surface area contributed by atoms with E-state index < -0.39 is 0 Å². The second-order valence-electron chi connectivity index (χ2n) is 7.35. The number of hydrogen-bond acceptors (Lipinski definition) is 4. The first-order valence-electron chi connectivity index (χ1n) is 8.60. The average molecular weight is 371 g/mol. The molecule has 0 radical (unpaired) electrons. The maximum Gasteiger partial charge on any atom is 0.272 e. The van der Waals surface area contributed by atoms with Crippen LogP contribution in [0.3, 0.4) is 0 Å². The van der Waals surface area contributed by atoms with Crippen LogP contribution >= 0.6 is 11.6 Å². The van der Waals surface area contributed by atoms with Gasteiger partial charge in [-0.25, -0.2) is 5.43 Å². The fourth-order valence-corrected chi connectivity index (χ4v) is 3.63. The molecule has 1 N–H and O–H groups in total. The minimum Gasteiger partial charge on any atom is -0.369 e. The first-order chi connectivity index (χ1) is 12.3. The Kier molecular flexibility index (Phi) is 5.01. The molecule has 2 heterocycles. The van der Waals surface area contributed by atoms with Crippen molar-refractivity contribution in [1.29, 1.82) is 0 Å². The number of pyridine rings is 1. The molecule has 3 rings (SSSR count). The van der Waals surface area contributed by atoms with Crippen molar-refractivity contribution in [2.75, 3.05) is 11.9 Å². The van der Waals surface area contributed by atoms with E-state index in [2.05, 4.69) is 54.3 Å². The Balaban J connectivity index is 1.82. The summed E-state index contributed by atoms with van der Waals surface area (Å²) in [5.74, 6) is 0.115. The van der Waals surface area contributed by atoms with E-state index in [0.29, 0.717) is 16.5 Å². The van der Waals surface area contributed by atoms with Gasteiger partial charge < -0.3 is 4.90 Å². The number of halogens is 1. The fourth-order valence-electron chi connectivity index (χ4n) is 3.43. The van der Waals surface area contributed by atoms with Crippen molar-refractivity contribution in [2.45, 2.75) is 38.6 Å². The van der Waals surface area contributed by atoms with Gasteiger partial charge in [-0.05, 0) is 56.0 Å². The van der Waals surface area contributed by atoms with Gasteiger partial charge in [0.2, 0.25) is 0 Å². The summed E-state index contributed by atoms with van der Waals surface area (Å²) in [6.45, 7) is 6.71. The van der Waals surface area contributed by atoms with Crippen LogP contribution in [-0.2, 0) is 0 Å². The topological polar surface area (TPSA) is 57.6 Å². The summed E-state index contributed by atoms with van der Waals surface area (Å²) in [5, 5.41) is 4.66. The lowest BCUT2D eigenvalue weighted by Gasteiger charge is -2.45. The van der Waals surface area contributed by atoms with E-state index in [1.165, 1.54) is 11.8 Å². The molecule has 0 saturated carbocycles. The molecule has 0 bridgehead atoms. The van der Waals surface area contributed by atoms with Crippen LogP contribution in [-0.4, -0.2) is 29.7 Å². The zero-order valence-electron chi connectivity index (χ0n) is 15.5. The second kappa shape index (κ2) is 7.08. The Morgan fingerprint density at radius 2 is 2.23 bits per heavy atom. The lowest BCUT2D eigenvalue weighted by molar-refractivity contribution is 0.0955. The largest absolute Gasteiger partial charge is 0.369 e. The average Bonchev–Trinajstić information content (AvgIpc) is 2.61. The molecule has 0 fully saturated rings. The summed E-state index contributed by atoms with van der Waals surface area (Å²) in [5.41, 5.74) is 6.24. The smallest absolute Gasteiger partial charge is 0.272 e. The molecule has 1 aliphatic rings. The number of carbonyl (C=O) groups excluding carboxylic acids is 1. The molecule has 0 aliphatic carbocycles. The van der Waals surface area contributed by atoms with Gasteiger partial charge in [0.15, 0.2) is 0 Å². The second-order valence-corrected chi connectivity index (χ2v) is 7.76. The van der Waals surface area contributed by atoms with Gasteiger partial charge in [0.25, 0.3) is 5.91 Å². The minimum absolute atomic E-state index is 0.0864. The lowest BCUT2D eigenvalue weighted by Crippen LogP contribution is -2.45. The highest BCUT2D eigenvalue weighted by molar-refractivity contribution is 6.33. The number of aromatic nitrogens is 1. The number of fused-ring (bicyclic) bond motifs is 1. The van der Waals surface area contributed by atoms with Crippen molar-refractivity contribution in [3.05, 3.63) is 58.4 Å². The maximum atomic E-state index is 12.0. The van der Waals surface area contributed by atoms with Gasteiger partial charge in [-0.15, -0.1) is 0 Å². The molecule has 5 nitrogen and oxygen atoms in total. The maximum absolute atomic E-state index is 12.0. The van der Waals surface area contributed by atoms with Crippen molar-refractivity contribution in [2.24, 2.45) is 5.10 Å². The van der Waals surface area contributed by atoms with Crippen LogP contribution in [0, 0.1) is 0 Å². The normalized spacial score (nSPS) is 18.7. The predicted molar refractivity (Wildman–Crippen MR) is 106 cm³/mol. The van der Waals surface area contributed by atoms with Crippen molar-refractivity contribution in [1.82, 2.24) is 10.4 Å². The van der Waals surface area contributed by atoms with Gasteiger partial charge in [-0.3, -0.25) is 9.78 Å². The standard InChI is InChI=1S/C20H23ClN4O/c1-13-10-20(2,3)25(4)18-9-17(21)15(8-16(13)18)12-23-24-19(26)14-6-5-7-22-11-14/h5-9,11-13H,10H2,1-4H3,(H,24,26)/b23-12+. The summed E-state index contributed by atoms with van der Waals surface area (Å²) < 4.78 is 0. The summed E-state index contributed by atoms with van der Waals surface area (Å²) in [6, 6.07) is 7.44. The number of hydrogen-bond donors (Lipinski definition) is 1. The van der Waals surface area contributed by atoms with Gasteiger partial charge in [-0.2, -0.15) is 5.10 Å². The van der Waals surface area contributed by atoms with Crippen LogP contribution in [0.5, 0.6) is 0 Å². The summed E-state index contributed by atoms with van der Waals surface area (Å²) >= 11 is 6.46. The Morgan fingerprint density at radius 3 is 2.92 bits per heavy atom. The molecule has 1 amide bonds. The van der Waals surface area contributed by atoms with E-state index in [0.717, 1.165) is 17.7 Å². The van der Waals surface area contributed by atoms with Gasteiger partial charge in [0.1, 0.15) is 0 Å². The Morgan fingerprint density at radius 1 is 1.46 bits per heavy atom. The Hall–Kier alpha value is -2.40. The van der Waals surface area contributed by atoms with E-state index in [1.807, 2.05) is 6.07 Å². The zero-order chi connectivity index (χ0) is 18.9. The molecule has 136 valence electrons. The molecule has 26 heavy (non-hydrogen) atoms. The van der Waals surface area contributed by atoms with Gasteiger partial charge in [-0.1, -0.05) is 18.5 Å². The number of carbonyl (C=O) groups is 1. The van der Waals surface area contributed by atoms with Crippen LogP contribution in [0.25, 0.3) is 0 Å². The number of nitrogens with one attached hydrogen (secondary N) is 1. The summed E-state index contributed by atoms with van der Waals surface area (Å²) in [4.78, 5) is 18.2. The number of anilines is 1. The van der Waals surface area contributed by atoms with Gasteiger partial charge in [0.05, 0.1) is 16.8 Å². The Labute approximate surface area is 159 Å². The quantitative estimate of drug-likeness (QED) is 0.650. The summed E-state index contributed by atoms with van der Waals surface area (Å²) in [6.07, 6.45) is 5.76.